The van der Waals surface area contributed by atoms with Gasteiger partial charge in [-0.2, -0.15) is 0 Å². The van der Waals surface area contributed by atoms with E-state index in [9.17, 15) is 0 Å². The highest BCUT2D eigenvalue weighted by atomic mass is 16.3. The number of nitrogens with one attached hydrogen (secondary N) is 1. The fraction of sp³-hybridized carbons (Fsp3) is 0.333. The summed E-state index contributed by atoms with van der Waals surface area (Å²) in [6.45, 7) is 5.37. The molecule has 0 aliphatic rings. The minimum Gasteiger partial charge on any atom is -0.392 e. The van der Waals surface area contributed by atoms with Gasteiger partial charge in [-0.3, -0.25) is 0 Å². The molecule has 0 saturated carbocycles. The van der Waals surface area contributed by atoms with Crippen molar-refractivity contribution >= 4 is 0 Å². The van der Waals surface area contributed by atoms with E-state index in [0.717, 1.165) is 18.5 Å². The third-order valence-electron chi connectivity index (χ3n) is 3.65. The van der Waals surface area contributed by atoms with Crippen LogP contribution in [-0.4, -0.2) is 11.7 Å². The molecule has 2 aromatic carbocycles. The second-order valence-corrected chi connectivity index (χ2v) is 5.31. The van der Waals surface area contributed by atoms with E-state index < -0.39 is 0 Å². The van der Waals surface area contributed by atoms with Gasteiger partial charge in [-0.05, 0) is 43.5 Å². The van der Waals surface area contributed by atoms with Gasteiger partial charge in [-0.15, -0.1) is 0 Å². The summed E-state index contributed by atoms with van der Waals surface area (Å²) in [5, 5.41) is 12.6. The lowest BCUT2D eigenvalue weighted by atomic mass is 10.1. The second kappa shape index (κ2) is 7.22. The van der Waals surface area contributed by atoms with E-state index in [1.807, 2.05) is 12.1 Å². The largest absolute Gasteiger partial charge is 0.392 e. The molecular formula is C18H23NO. The Morgan fingerprint density at radius 2 is 1.55 bits per heavy atom. The van der Waals surface area contributed by atoms with Crippen LogP contribution in [0.15, 0.2) is 48.5 Å². The molecule has 1 unspecified atom stereocenters. The van der Waals surface area contributed by atoms with Crippen molar-refractivity contribution in [1.82, 2.24) is 5.32 Å². The van der Waals surface area contributed by atoms with E-state index in [1.165, 1.54) is 16.7 Å². The molecule has 0 aromatic heterocycles. The number of aryl methyl sites for hydroxylation is 1. The number of hydrogen-bond acceptors (Lipinski definition) is 2. The minimum atomic E-state index is 0.114. The van der Waals surface area contributed by atoms with E-state index >= 15 is 0 Å². The van der Waals surface area contributed by atoms with Crippen molar-refractivity contribution in [1.29, 1.82) is 0 Å². The monoisotopic (exact) mass is 269 g/mol. The molecule has 2 rings (SSSR count). The molecule has 2 heteroatoms. The van der Waals surface area contributed by atoms with Crippen molar-refractivity contribution in [2.75, 3.05) is 6.54 Å². The van der Waals surface area contributed by atoms with Crippen molar-refractivity contribution in [2.24, 2.45) is 0 Å². The van der Waals surface area contributed by atoms with Crippen LogP contribution in [0.25, 0.3) is 0 Å². The van der Waals surface area contributed by atoms with E-state index in [0.29, 0.717) is 6.04 Å². The molecule has 2 nitrogen and oxygen atoms in total. The van der Waals surface area contributed by atoms with Gasteiger partial charge in [0.15, 0.2) is 0 Å². The lowest BCUT2D eigenvalue weighted by molar-refractivity contribution is 0.282. The maximum atomic E-state index is 9.01. The predicted octanol–water partition coefficient (Wildman–Crippen LogP) is 3.38. The Hall–Kier alpha value is -1.64. The molecule has 0 amide bonds. The topological polar surface area (TPSA) is 32.3 Å². The zero-order valence-electron chi connectivity index (χ0n) is 12.3. The average molecular weight is 269 g/mol. The van der Waals surface area contributed by atoms with Gasteiger partial charge in [0.05, 0.1) is 6.61 Å². The van der Waals surface area contributed by atoms with Gasteiger partial charge in [0.2, 0.25) is 0 Å². The Labute approximate surface area is 121 Å². The van der Waals surface area contributed by atoms with Crippen LogP contribution in [0.3, 0.4) is 0 Å². The quantitative estimate of drug-likeness (QED) is 0.842. The van der Waals surface area contributed by atoms with Crippen LogP contribution in [-0.2, 0) is 13.0 Å². The molecule has 0 spiro atoms. The summed E-state index contributed by atoms with van der Waals surface area (Å²) in [5.41, 5.74) is 4.89. The van der Waals surface area contributed by atoms with E-state index in [1.54, 1.807) is 0 Å². The maximum Gasteiger partial charge on any atom is 0.0681 e. The summed E-state index contributed by atoms with van der Waals surface area (Å²) in [4.78, 5) is 0. The first-order valence-corrected chi connectivity index (χ1v) is 7.17. The second-order valence-electron chi connectivity index (χ2n) is 5.31. The molecule has 2 aromatic rings. The lowest BCUT2D eigenvalue weighted by Crippen LogP contribution is -2.21. The molecule has 1 atom stereocenters. The Balaban J connectivity index is 1.81. The highest BCUT2D eigenvalue weighted by Gasteiger charge is 2.03. The van der Waals surface area contributed by atoms with Gasteiger partial charge in [0.25, 0.3) is 0 Å². The number of hydrogen-bond donors (Lipinski definition) is 2. The first kappa shape index (κ1) is 14.8. The van der Waals surface area contributed by atoms with Crippen LogP contribution in [0.5, 0.6) is 0 Å². The van der Waals surface area contributed by atoms with Crippen molar-refractivity contribution in [3.8, 4) is 0 Å². The molecule has 0 aliphatic carbocycles. The molecule has 0 aliphatic heterocycles. The normalized spacial score (nSPS) is 12.3. The highest BCUT2D eigenvalue weighted by molar-refractivity contribution is 5.24. The smallest absolute Gasteiger partial charge is 0.0681 e. The average Bonchev–Trinajstić information content (AvgIpc) is 2.48. The molecule has 20 heavy (non-hydrogen) atoms. The van der Waals surface area contributed by atoms with Crippen molar-refractivity contribution in [3.63, 3.8) is 0 Å². The summed E-state index contributed by atoms with van der Waals surface area (Å²) in [5.74, 6) is 0. The van der Waals surface area contributed by atoms with Gasteiger partial charge in [0.1, 0.15) is 0 Å². The number of benzene rings is 2. The molecule has 0 radical (unpaired) electrons. The maximum absolute atomic E-state index is 9.01. The van der Waals surface area contributed by atoms with Crippen LogP contribution in [0.1, 0.15) is 35.2 Å². The Morgan fingerprint density at radius 1 is 0.950 bits per heavy atom. The van der Waals surface area contributed by atoms with Gasteiger partial charge < -0.3 is 10.4 Å². The molecule has 0 heterocycles. The van der Waals surface area contributed by atoms with E-state index in [-0.39, 0.29) is 6.61 Å². The lowest BCUT2D eigenvalue weighted by Gasteiger charge is -2.14. The predicted molar refractivity (Wildman–Crippen MR) is 83.7 cm³/mol. The third-order valence-corrected chi connectivity index (χ3v) is 3.65. The number of aliphatic hydroxyl groups excluding tert-OH is 1. The van der Waals surface area contributed by atoms with Crippen LogP contribution in [0.4, 0.5) is 0 Å². The molecular weight excluding hydrogens is 246 g/mol. The standard InChI is InChI=1S/C18H23NO/c1-14-3-9-18(10-4-14)15(2)19-12-11-16-5-7-17(13-20)8-6-16/h3-10,15,19-20H,11-13H2,1-2H3. The Bertz CT molecular complexity index is 516. The van der Waals surface area contributed by atoms with E-state index in [2.05, 4.69) is 55.6 Å². The van der Waals surface area contributed by atoms with Gasteiger partial charge in [0, 0.05) is 6.04 Å². The Morgan fingerprint density at radius 3 is 2.15 bits per heavy atom. The van der Waals surface area contributed by atoms with Crippen molar-refractivity contribution in [2.45, 2.75) is 32.9 Å². The minimum absolute atomic E-state index is 0.114. The number of rotatable bonds is 6. The Kier molecular flexibility index (Phi) is 5.33. The summed E-state index contributed by atoms with van der Waals surface area (Å²) in [7, 11) is 0. The number of aliphatic hydroxyl groups is 1. The van der Waals surface area contributed by atoms with E-state index in [4.69, 9.17) is 5.11 Å². The summed E-state index contributed by atoms with van der Waals surface area (Å²) >= 11 is 0. The SMILES string of the molecule is Cc1ccc(C(C)NCCc2ccc(CO)cc2)cc1. The zero-order chi connectivity index (χ0) is 14.4. The van der Waals surface area contributed by atoms with Gasteiger partial charge >= 0.3 is 0 Å². The van der Waals surface area contributed by atoms with Gasteiger partial charge in [-0.1, -0.05) is 54.1 Å². The van der Waals surface area contributed by atoms with Crippen molar-refractivity contribution in [3.05, 3.63) is 70.8 Å². The fourth-order valence-electron chi connectivity index (χ4n) is 2.22. The summed E-state index contributed by atoms with van der Waals surface area (Å²) in [6.07, 6.45) is 1.00. The molecule has 0 fully saturated rings. The van der Waals surface area contributed by atoms with Crippen LogP contribution in [0, 0.1) is 6.92 Å². The van der Waals surface area contributed by atoms with Crippen LogP contribution < -0.4 is 5.32 Å². The fourth-order valence-corrected chi connectivity index (χ4v) is 2.22. The molecule has 2 N–H and O–H groups in total. The van der Waals surface area contributed by atoms with Crippen LogP contribution in [0.2, 0.25) is 0 Å². The summed E-state index contributed by atoms with van der Waals surface area (Å²) in [6, 6.07) is 17.2. The molecule has 0 bridgehead atoms. The first-order valence-electron chi connectivity index (χ1n) is 7.17. The molecule has 0 saturated heterocycles. The van der Waals surface area contributed by atoms with Crippen molar-refractivity contribution < 1.29 is 5.11 Å². The third kappa shape index (κ3) is 4.19. The zero-order valence-corrected chi connectivity index (χ0v) is 12.3. The van der Waals surface area contributed by atoms with Gasteiger partial charge in [-0.25, -0.2) is 0 Å². The van der Waals surface area contributed by atoms with Crippen LogP contribution >= 0.6 is 0 Å². The summed E-state index contributed by atoms with van der Waals surface area (Å²) < 4.78 is 0. The highest BCUT2D eigenvalue weighted by Crippen LogP contribution is 2.13. The molecule has 106 valence electrons. The first-order chi connectivity index (χ1) is 9.69.